The quantitative estimate of drug-likeness (QED) is 0.769. The van der Waals surface area contributed by atoms with E-state index in [1.54, 1.807) is 31.7 Å². The lowest BCUT2D eigenvalue weighted by Gasteiger charge is -2.22. The maximum Gasteiger partial charge on any atom is 0.244 e. The fourth-order valence-electron chi connectivity index (χ4n) is 4.16. The molecule has 2 unspecified atom stereocenters. The summed E-state index contributed by atoms with van der Waals surface area (Å²) < 4.78 is 5.32. The van der Waals surface area contributed by atoms with Crippen LogP contribution in [0.15, 0.2) is 54.9 Å². The average molecular weight is 363 g/mol. The van der Waals surface area contributed by atoms with Crippen molar-refractivity contribution < 1.29 is 9.53 Å². The number of rotatable bonds is 7. The molecule has 1 saturated carbocycles. The summed E-state index contributed by atoms with van der Waals surface area (Å²) in [4.78, 5) is 18.4. The Morgan fingerprint density at radius 3 is 2.89 bits per heavy atom. The first-order chi connectivity index (χ1) is 13.2. The Hall–Kier alpha value is -2.82. The first-order valence-electron chi connectivity index (χ1n) is 9.49. The van der Waals surface area contributed by atoms with E-state index < -0.39 is 0 Å². The van der Waals surface area contributed by atoms with Gasteiger partial charge in [-0.3, -0.25) is 9.78 Å². The summed E-state index contributed by atoms with van der Waals surface area (Å²) >= 11 is 0. The third-order valence-corrected chi connectivity index (χ3v) is 5.68. The van der Waals surface area contributed by atoms with Crippen LogP contribution in [0.2, 0.25) is 0 Å². The number of pyridine rings is 1. The van der Waals surface area contributed by atoms with Gasteiger partial charge in [0, 0.05) is 49.9 Å². The van der Waals surface area contributed by atoms with Crippen LogP contribution in [0.1, 0.15) is 12.0 Å². The van der Waals surface area contributed by atoms with Gasteiger partial charge in [0.2, 0.25) is 5.91 Å². The van der Waals surface area contributed by atoms with Crippen molar-refractivity contribution in [3.8, 4) is 5.75 Å². The Labute approximate surface area is 160 Å². The fraction of sp³-hybridized carbons (Fsp3) is 0.364. The van der Waals surface area contributed by atoms with Gasteiger partial charge in [0.05, 0.1) is 7.11 Å². The molecule has 5 nitrogen and oxygen atoms in total. The minimum absolute atomic E-state index is 0.0392. The van der Waals surface area contributed by atoms with Crippen LogP contribution in [-0.4, -0.2) is 37.6 Å². The van der Waals surface area contributed by atoms with E-state index in [9.17, 15) is 4.79 Å². The molecule has 0 radical (unpaired) electrons. The summed E-state index contributed by atoms with van der Waals surface area (Å²) in [5.74, 6) is 3.14. The Bertz CT molecular complexity index is 809. The van der Waals surface area contributed by atoms with Crippen molar-refractivity contribution in [3.05, 3.63) is 60.4 Å². The number of fused-ring (bicyclic) bond motifs is 1. The average Bonchev–Trinajstić information content (AvgIpc) is 3.15. The van der Waals surface area contributed by atoms with Crippen molar-refractivity contribution in [2.24, 2.45) is 17.8 Å². The van der Waals surface area contributed by atoms with Crippen molar-refractivity contribution in [1.29, 1.82) is 0 Å². The molecular weight excluding hydrogens is 338 g/mol. The van der Waals surface area contributed by atoms with Gasteiger partial charge in [0.1, 0.15) is 5.75 Å². The first-order valence-corrected chi connectivity index (χ1v) is 9.49. The van der Waals surface area contributed by atoms with Crippen LogP contribution in [0.3, 0.4) is 0 Å². The molecule has 140 valence electrons. The van der Waals surface area contributed by atoms with Crippen LogP contribution in [0.4, 0.5) is 5.69 Å². The highest BCUT2D eigenvalue weighted by molar-refractivity contribution is 5.91. The molecule has 2 fully saturated rings. The molecule has 2 aliphatic rings. The maximum atomic E-state index is 11.9. The molecule has 2 heterocycles. The summed E-state index contributed by atoms with van der Waals surface area (Å²) in [6, 6.07) is 12.1. The predicted octanol–water partition coefficient (Wildman–Crippen LogP) is 2.99. The van der Waals surface area contributed by atoms with Gasteiger partial charge >= 0.3 is 0 Å². The van der Waals surface area contributed by atoms with Gasteiger partial charge in [-0.1, -0.05) is 12.1 Å². The Morgan fingerprint density at radius 2 is 2.15 bits per heavy atom. The third kappa shape index (κ3) is 4.13. The van der Waals surface area contributed by atoms with Crippen LogP contribution >= 0.6 is 0 Å². The maximum absolute atomic E-state index is 11.9. The van der Waals surface area contributed by atoms with Gasteiger partial charge in [0.25, 0.3) is 0 Å². The van der Waals surface area contributed by atoms with E-state index in [1.165, 1.54) is 5.69 Å². The summed E-state index contributed by atoms with van der Waals surface area (Å²) in [6.45, 7) is 2.96. The Kier molecular flexibility index (Phi) is 5.10. The van der Waals surface area contributed by atoms with Crippen molar-refractivity contribution in [2.75, 3.05) is 31.6 Å². The summed E-state index contributed by atoms with van der Waals surface area (Å²) in [5, 5.41) is 3.00. The topological polar surface area (TPSA) is 54.5 Å². The van der Waals surface area contributed by atoms with Crippen molar-refractivity contribution >= 4 is 17.7 Å². The van der Waals surface area contributed by atoms with Crippen LogP contribution < -0.4 is 15.0 Å². The minimum Gasteiger partial charge on any atom is -0.497 e. The van der Waals surface area contributed by atoms with E-state index in [4.69, 9.17) is 4.74 Å². The molecule has 1 amide bonds. The normalized spacial score (nSPS) is 23.3. The highest BCUT2D eigenvalue weighted by Crippen LogP contribution is 2.54. The van der Waals surface area contributed by atoms with Crippen LogP contribution in [-0.2, 0) is 4.79 Å². The minimum atomic E-state index is -0.0392. The number of carbonyl (C=O) groups excluding carboxylic acids is 1. The van der Waals surface area contributed by atoms with Gasteiger partial charge in [-0.15, -0.1) is 0 Å². The van der Waals surface area contributed by atoms with E-state index in [-0.39, 0.29) is 5.91 Å². The molecule has 5 heteroatoms. The largest absolute Gasteiger partial charge is 0.497 e. The van der Waals surface area contributed by atoms with E-state index in [0.717, 1.165) is 55.1 Å². The Morgan fingerprint density at radius 1 is 1.30 bits per heavy atom. The number of aromatic nitrogens is 1. The highest BCUT2D eigenvalue weighted by Gasteiger charge is 2.54. The summed E-state index contributed by atoms with van der Waals surface area (Å²) in [7, 11) is 1.71. The number of nitrogens with zero attached hydrogens (tertiary/aromatic N) is 2. The van der Waals surface area contributed by atoms with E-state index >= 15 is 0 Å². The van der Waals surface area contributed by atoms with E-state index in [1.807, 2.05) is 24.3 Å². The Balaban J connectivity index is 1.18. The molecule has 1 saturated heterocycles. The molecule has 27 heavy (non-hydrogen) atoms. The zero-order valence-corrected chi connectivity index (χ0v) is 15.5. The number of nitrogens with one attached hydrogen (secondary N) is 1. The monoisotopic (exact) mass is 363 g/mol. The second-order valence-electron chi connectivity index (χ2n) is 7.30. The van der Waals surface area contributed by atoms with Crippen LogP contribution in [0.5, 0.6) is 5.75 Å². The van der Waals surface area contributed by atoms with Crippen LogP contribution in [0.25, 0.3) is 6.08 Å². The number of hydrogen-bond acceptors (Lipinski definition) is 4. The number of benzene rings is 1. The van der Waals surface area contributed by atoms with Crippen molar-refractivity contribution in [2.45, 2.75) is 6.42 Å². The number of carbonyl (C=O) groups is 1. The van der Waals surface area contributed by atoms with E-state index in [2.05, 4.69) is 27.3 Å². The molecule has 2 aromatic rings. The molecule has 1 aromatic carbocycles. The molecule has 0 bridgehead atoms. The molecule has 1 aliphatic heterocycles. The molecule has 1 aromatic heterocycles. The second-order valence-corrected chi connectivity index (χ2v) is 7.30. The number of piperidine rings is 1. The summed E-state index contributed by atoms with van der Waals surface area (Å²) in [6.07, 6.45) is 7.89. The van der Waals surface area contributed by atoms with Crippen molar-refractivity contribution in [3.63, 3.8) is 0 Å². The third-order valence-electron chi connectivity index (χ3n) is 5.68. The molecule has 4 rings (SSSR count). The second kappa shape index (κ2) is 7.82. The lowest BCUT2D eigenvalue weighted by atomic mass is 10.1. The number of amides is 1. The van der Waals surface area contributed by atoms with Crippen molar-refractivity contribution in [1.82, 2.24) is 10.3 Å². The smallest absolute Gasteiger partial charge is 0.244 e. The first kappa shape index (κ1) is 17.6. The molecule has 1 N–H and O–H groups in total. The number of hydrogen-bond donors (Lipinski definition) is 1. The zero-order chi connectivity index (χ0) is 18.6. The van der Waals surface area contributed by atoms with Gasteiger partial charge < -0.3 is 15.0 Å². The number of methoxy groups -OCH3 is 1. The zero-order valence-electron chi connectivity index (χ0n) is 15.5. The molecule has 0 spiro atoms. The molecular formula is C22H25N3O2. The molecule has 1 aliphatic carbocycles. The number of anilines is 1. The van der Waals surface area contributed by atoms with Gasteiger partial charge in [-0.2, -0.15) is 0 Å². The highest BCUT2D eigenvalue weighted by atomic mass is 16.5. The lowest BCUT2D eigenvalue weighted by Crippen LogP contribution is -2.26. The SMILES string of the molecule is COc1cccc(N2CC3C(CCNC(=O)/C=C/c4cccnc4)C3C2)c1. The lowest BCUT2D eigenvalue weighted by molar-refractivity contribution is -0.116. The fourth-order valence-corrected chi connectivity index (χ4v) is 4.16. The summed E-state index contributed by atoms with van der Waals surface area (Å²) in [5.41, 5.74) is 2.18. The predicted molar refractivity (Wildman–Crippen MR) is 107 cm³/mol. The van der Waals surface area contributed by atoms with Gasteiger partial charge in [-0.05, 0) is 54.0 Å². The standard InChI is InChI=1S/C22H25N3O2/c1-27-18-6-2-5-17(12-18)25-14-20-19(21(20)15-25)9-11-24-22(26)8-7-16-4-3-10-23-13-16/h2-8,10,12-13,19-21H,9,11,14-15H2,1H3,(H,24,26)/b8-7+. The van der Waals surface area contributed by atoms with Gasteiger partial charge in [-0.25, -0.2) is 0 Å². The van der Waals surface area contributed by atoms with Gasteiger partial charge in [0.15, 0.2) is 0 Å². The van der Waals surface area contributed by atoms with E-state index in [0.29, 0.717) is 0 Å². The number of ether oxygens (including phenoxy) is 1. The van der Waals surface area contributed by atoms with Crippen LogP contribution in [0, 0.1) is 17.8 Å². The molecule has 2 atom stereocenters.